The summed E-state index contributed by atoms with van der Waals surface area (Å²) in [6, 6.07) is 65.6. The first-order valence-electron chi connectivity index (χ1n) is 25.8. The molecule has 3 heterocycles. The summed E-state index contributed by atoms with van der Waals surface area (Å²) < 4.78 is 0. The third-order valence-corrected chi connectivity index (χ3v) is 17.1. The van der Waals surface area contributed by atoms with Gasteiger partial charge in [-0.05, 0) is 172 Å². The topological polar surface area (TPSA) is 9.72 Å². The molecular formula is C66H66BN3. The molecule has 0 aromatic heterocycles. The highest BCUT2D eigenvalue weighted by Crippen LogP contribution is 2.62. The van der Waals surface area contributed by atoms with Crippen LogP contribution in [0.25, 0.3) is 22.3 Å². The Morgan fingerprint density at radius 2 is 1.09 bits per heavy atom. The molecule has 0 radical (unpaired) electrons. The van der Waals surface area contributed by atoms with Crippen molar-refractivity contribution in [1.82, 2.24) is 0 Å². The molecule has 2 atom stereocenters. The summed E-state index contributed by atoms with van der Waals surface area (Å²) in [5.74, 6) is 0. The van der Waals surface area contributed by atoms with Gasteiger partial charge in [0, 0.05) is 50.8 Å². The van der Waals surface area contributed by atoms with Crippen molar-refractivity contribution < 1.29 is 0 Å². The van der Waals surface area contributed by atoms with E-state index in [0.717, 1.165) is 6.42 Å². The van der Waals surface area contributed by atoms with Crippen LogP contribution in [0.2, 0.25) is 0 Å². The van der Waals surface area contributed by atoms with Gasteiger partial charge in [0.05, 0.1) is 11.2 Å². The first kappa shape index (κ1) is 44.4. The molecule has 1 saturated carbocycles. The van der Waals surface area contributed by atoms with E-state index in [2.05, 4.69) is 254 Å². The van der Waals surface area contributed by atoms with E-state index in [9.17, 15) is 0 Å². The van der Waals surface area contributed by atoms with E-state index >= 15 is 0 Å². The largest absolute Gasteiger partial charge is 0.334 e. The average Bonchev–Trinajstić information content (AvgIpc) is 3.55. The minimum absolute atomic E-state index is 0.00449. The fraction of sp³-hybridized carbons (Fsp3) is 0.273. The second-order valence-corrected chi connectivity index (χ2v) is 23.5. The quantitative estimate of drug-likeness (QED) is 0.159. The monoisotopic (exact) mass is 912 g/mol. The number of benzene rings is 8. The van der Waals surface area contributed by atoms with Gasteiger partial charge in [-0.15, -0.1) is 0 Å². The Balaban J connectivity index is 1.10. The van der Waals surface area contributed by atoms with Crippen LogP contribution in [-0.2, 0) is 16.2 Å². The van der Waals surface area contributed by atoms with Crippen molar-refractivity contribution in [2.45, 2.75) is 117 Å². The molecule has 3 nitrogen and oxygen atoms in total. The summed E-state index contributed by atoms with van der Waals surface area (Å²) in [5, 5.41) is 0. The summed E-state index contributed by atoms with van der Waals surface area (Å²) in [6.45, 7) is 23.6. The molecule has 1 fully saturated rings. The van der Waals surface area contributed by atoms with Gasteiger partial charge in [-0.25, -0.2) is 0 Å². The standard InChI is InChI=1S/C66H66BN3/c1-43-38-60-62-61(39-43)69(56-35-29-48(64(6,7)8)41-52(56)45-21-12-11-13-22-45)58-25-17-16-24-54(58)67(62)55-33-32-50(42-59(55)68(60)49-30-27-47(28-31-49)63(3,4)5)70-57-34-26-46(51-23-15-14-20-44(51)2)40-53(57)65(9)36-18-19-37-66(65,70)10/h11-17,20-35,38-42H,18-19,36-37H2,1-10H3. The lowest BCUT2D eigenvalue weighted by molar-refractivity contribution is 0.195. The number of rotatable bonds is 5. The molecule has 70 heavy (non-hydrogen) atoms. The van der Waals surface area contributed by atoms with Crippen molar-refractivity contribution in [3.8, 4) is 22.3 Å². The number of hydrogen-bond acceptors (Lipinski definition) is 3. The minimum Gasteiger partial charge on any atom is -0.334 e. The van der Waals surface area contributed by atoms with E-state index in [4.69, 9.17) is 0 Å². The van der Waals surface area contributed by atoms with Crippen LogP contribution in [0.5, 0.6) is 0 Å². The maximum Gasteiger partial charge on any atom is 0.252 e. The number of hydrogen-bond donors (Lipinski definition) is 0. The highest BCUT2D eigenvalue weighted by molar-refractivity contribution is 7.00. The van der Waals surface area contributed by atoms with Crippen molar-refractivity contribution in [3.63, 3.8) is 0 Å². The molecule has 0 saturated heterocycles. The molecule has 4 heteroatoms. The van der Waals surface area contributed by atoms with E-state index in [-0.39, 0.29) is 28.5 Å². The molecule has 0 N–H and O–H groups in total. The van der Waals surface area contributed by atoms with Crippen molar-refractivity contribution in [3.05, 3.63) is 198 Å². The normalized spacial score (nSPS) is 19.1. The zero-order valence-electron chi connectivity index (χ0n) is 42.9. The number of fused-ring (bicyclic) bond motifs is 7. The Morgan fingerprint density at radius 3 is 1.83 bits per heavy atom. The Labute approximate surface area is 417 Å². The van der Waals surface area contributed by atoms with Crippen LogP contribution in [0.4, 0.5) is 45.5 Å². The molecule has 3 aliphatic heterocycles. The third-order valence-electron chi connectivity index (χ3n) is 17.1. The van der Waals surface area contributed by atoms with Gasteiger partial charge in [0.25, 0.3) is 6.71 Å². The smallest absolute Gasteiger partial charge is 0.252 e. The minimum atomic E-state index is -0.0986. The van der Waals surface area contributed by atoms with Crippen LogP contribution in [0.15, 0.2) is 170 Å². The van der Waals surface area contributed by atoms with E-state index in [0.29, 0.717) is 0 Å². The van der Waals surface area contributed by atoms with Crippen LogP contribution in [-0.4, -0.2) is 12.3 Å². The second kappa shape index (κ2) is 15.9. The molecule has 0 bridgehead atoms. The molecule has 348 valence electrons. The number of anilines is 8. The molecular weight excluding hydrogens is 846 g/mol. The zero-order chi connectivity index (χ0) is 48.5. The Hall–Kier alpha value is -6.78. The van der Waals surface area contributed by atoms with Gasteiger partial charge in [-0.2, -0.15) is 0 Å². The van der Waals surface area contributed by atoms with Gasteiger partial charge in [-0.3, -0.25) is 0 Å². The zero-order valence-corrected chi connectivity index (χ0v) is 42.9. The van der Waals surface area contributed by atoms with Gasteiger partial charge >= 0.3 is 0 Å². The summed E-state index contributed by atoms with van der Waals surface area (Å²) in [5.41, 5.74) is 25.7. The first-order chi connectivity index (χ1) is 33.5. The third kappa shape index (κ3) is 6.69. The fourth-order valence-corrected chi connectivity index (χ4v) is 13.1. The van der Waals surface area contributed by atoms with Crippen LogP contribution in [0.1, 0.15) is 109 Å². The molecule has 12 rings (SSSR count). The SMILES string of the molecule is Cc1cc2c3c(c1)N(c1ccc(C(C)(C)C)cc1-c1ccccc1)c1ccccc1B3c1ccc(N3c4ccc(-c5ccccc5C)cc4C4(C)CCCCC34C)cc1N2c1ccc(C(C)(C)C)cc1. The molecule has 2 unspecified atom stereocenters. The summed E-state index contributed by atoms with van der Waals surface area (Å²) in [6.07, 6.45) is 4.80. The summed E-state index contributed by atoms with van der Waals surface area (Å²) in [7, 11) is 0. The van der Waals surface area contributed by atoms with Gasteiger partial charge in [0.15, 0.2) is 0 Å². The molecule has 1 aliphatic carbocycles. The molecule has 0 amide bonds. The van der Waals surface area contributed by atoms with Crippen molar-refractivity contribution in [2.24, 2.45) is 0 Å². The summed E-state index contributed by atoms with van der Waals surface area (Å²) >= 11 is 0. The van der Waals surface area contributed by atoms with Crippen molar-refractivity contribution in [2.75, 3.05) is 14.7 Å². The highest BCUT2D eigenvalue weighted by Gasteiger charge is 2.58. The van der Waals surface area contributed by atoms with E-state index in [1.807, 2.05) is 0 Å². The molecule has 0 spiro atoms. The first-order valence-corrected chi connectivity index (χ1v) is 25.8. The lowest BCUT2D eigenvalue weighted by Gasteiger charge is -2.50. The molecule has 4 aliphatic rings. The van der Waals surface area contributed by atoms with Gasteiger partial charge < -0.3 is 14.7 Å². The van der Waals surface area contributed by atoms with Gasteiger partial charge in [0.1, 0.15) is 0 Å². The molecule has 8 aromatic carbocycles. The Bertz CT molecular complexity index is 3370. The molecule has 8 aromatic rings. The van der Waals surface area contributed by atoms with E-state index in [1.165, 1.54) is 131 Å². The Kier molecular flexibility index (Phi) is 10.1. The van der Waals surface area contributed by atoms with Crippen LogP contribution in [0, 0.1) is 13.8 Å². The Morgan fingerprint density at radius 1 is 0.457 bits per heavy atom. The lowest BCUT2D eigenvalue weighted by Crippen LogP contribution is -2.61. The average molecular weight is 912 g/mol. The highest BCUT2D eigenvalue weighted by atomic mass is 15.3. The van der Waals surface area contributed by atoms with Gasteiger partial charge in [-0.1, -0.05) is 164 Å². The van der Waals surface area contributed by atoms with E-state index in [1.54, 1.807) is 0 Å². The van der Waals surface area contributed by atoms with Gasteiger partial charge in [0.2, 0.25) is 0 Å². The maximum absolute atomic E-state index is 2.77. The number of para-hydroxylation sites is 1. The number of nitrogens with zero attached hydrogens (tertiary/aromatic N) is 3. The fourth-order valence-electron chi connectivity index (χ4n) is 13.1. The second-order valence-electron chi connectivity index (χ2n) is 23.5. The maximum atomic E-state index is 2.77. The predicted octanol–water partition coefficient (Wildman–Crippen LogP) is 16.1. The summed E-state index contributed by atoms with van der Waals surface area (Å²) in [4.78, 5) is 7.97. The van der Waals surface area contributed by atoms with E-state index < -0.39 is 0 Å². The van der Waals surface area contributed by atoms with Crippen molar-refractivity contribution in [1.29, 1.82) is 0 Å². The van der Waals surface area contributed by atoms with Crippen LogP contribution >= 0.6 is 0 Å². The van der Waals surface area contributed by atoms with Crippen LogP contribution < -0.4 is 31.1 Å². The predicted molar refractivity (Wildman–Crippen MR) is 301 cm³/mol. The van der Waals surface area contributed by atoms with Crippen LogP contribution in [0.3, 0.4) is 0 Å². The lowest BCUT2D eigenvalue weighted by atomic mass is 9.33. The van der Waals surface area contributed by atoms with Crippen molar-refractivity contribution >= 4 is 68.6 Å². The number of aryl methyl sites for hydroxylation is 2.